The number of rotatable bonds is 5. The number of thioether (sulfide) groups is 1. The van der Waals surface area contributed by atoms with E-state index in [0.29, 0.717) is 0 Å². The molecule has 0 spiro atoms. The van der Waals surface area contributed by atoms with Gasteiger partial charge in [0.1, 0.15) is 0 Å². The van der Waals surface area contributed by atoms with Crippen molar-refractivity contribution in [3.05, 3.63) is 29.3 Å². The number of benzene rings is 1. The first kappa shape index (κ1) is 14.4. The van der Waals surface area contributed by atoms with Crippen molar-refractivity contribution in [2.24, 2.45) is 5.92 Å². The van der Waals surface area contributed by atoms with Crippen LogP contribution in [0.3, 0.4) is 0 Å². The summed E-state index contributed by atoms with van der Waals surface area (Å²) in [5, 5.41) is 3.06. The van der Waals surface area contributed by atoms with Crippen molar-refractivity contribution in [3.8, 4) is 0 Å². The van der Waals surface area contributed by atoms with Gasteiger partial charge in [-0.3, -0.25) is 4.79 Å². The van der Waals surface area contributed by atoms with Crippen LogP contribution in [0.4, 0.5) is 0 Å². The molecule has 1 aliphatic carbocycles. The SMILES string of the molecule is Cc1ccc(SCCNC(=O)C2CCCC2)cc1C. The van der Waals surface area contributed by atoms with Crippen LogP contribution >= 0.6 is 11.8 Å². The van der Waals surface area contributed by atoms with Gasteiger partial charge in [-0.15, -0.1) is 11.8 Å². The number of aryl methyl sites for hydroxylation is 2. The van der Waals surface area contributed by atoms with E-state index >= 15 is 0 Å². The molecule has 0 heterocycles. The zero-order chi connectivity index (χ0) is 13.7. The standard InChI is InChI=1S/C16H23NOS/c1-12-7-8-15(11-13(12)2)19-10-9-17-16(18)14-5-3-4-6-14/h7-8,11,14H,3-6,9-10H2,1-2H3,(H,17,18). The molecule has 104 valence electrons. The highest BCUT2D eigenvalue weighted by molar-refractivity contribution is 7.99. The molecule has 1 saturated carbocycles. The van der Waals surface area contributed by atoms with Crippen molar-refractivity contribution in [1.82, 2.24) is 5.32 Å². The Hall–Kier alpha value is -0.960. The predicted octanol–water partition coefficient (Wildman–Crippen LogP) is 3.70. The maximum absolute atomic E-state index is 11.8. The molecule has 1 aliphatic rings. The van der Waals surface area contributed by atoms with Crippen LogP contribution in [0.5, 0.6) is 0 Å². The van der Waals surface area contributed by atoms with E-state index in [9.17, 15) is 4.79 Å². The summed E-state index contributed by atoms with van der Waals surface area (Å²) in [6.45, 7) is 5.04. The molecule has 3 heteroatoms. The third-order valence-corrected chi connectivity index (χ3v) is 4.87. The van der Waals surface area contributed by atoms with Gasteiger partial charge < -0.3 is 5.32 Å². The Morgan fingerprint density at radius 3 is 2.68 bits per heavy atom. The Bertz CT molecular complexity index is 438. The first-order chi connectivity index (χ1) is 9.16. The predicted molar refractivity (Wildman–Crippen MR) is 81.6 cm³/mol. The highest BCUT2D eigenvalue weighted by Crippen LogP contribution is 2.25. The third-order valence-electron chi connectivity index (χ3n) is 3.87. The smallest absolute Gasteiger partial charge is 0.223 e. The van der Waals surface area contributed by atoms with Gasteiger partial charge >= 0.3 is 0 Å². The van der Waals surface area contributed by atoms with Gasteiger partial charge in [0.2, 0.25) is 5.91 Å². The molecule has 2 rings (SSSR count). The Morgan fingerprint density at radius 2 is 2.00 bits per heavy atom. The Kier molecular flexibility index (Phi) is 5.32. The van der Waals surface area contributed by atoms with Crippen LogP contribution in [0.1, 0.15) is 36.8 Å². The van der Waals surface area contributed by atoms with Crippen LogP contribution in [0.15, 0.2) is 23.1 Å². The Labute approximate surface area is 120 Å². The first-order valence-electron chi connectivity index (χ1n) is 7.14. The Balaban J connectivity index is 1.68. The Morgan fingerprint density at radius 1 is 1.26 bits per heavy atom. The van der Waals surface area contributed by atoms with Gasteiger partial charge in [-0.25, -0.2) is 0 Å². The quantitative estimate of drug-likeness (QED) is 0.657. The second-order valence-corrected chi connectivity index (χ2v) is 6.54. The number of nitrogens with one attached hydrogen (secondary N) is 1. The largest absolute Gasteiger partial charge is 0.355 e. The molecule has 1 N–H and O–H groups in total. The van der Waals surface area contributed by atoms with Gasteiger partial charge in [0.05, 0.1) is 0 Å². The van der Waals surface area contributed by atoms with Crippen molar-refractivity contribution >= 4 is 17.7 Å². The fourth-order valence-corrected chi connectivity index (χ4v) is 3.34. The highest BCUT2D eigenvalue weighted by Gasteiger charge is 2.21. The van der Waals surface area contributed by atoms with Gasteiger partial charge in [0.25, 0.3) is 0 Å². The molecule has 1 fully saturated rings. The van der Waals surface area contributed by atoms with Gasteiger partial charge in [-0.2, -0.15) is 0 Å². The molecule has 1 aromatic rings. The van der Waals surface area contributed by atoms with Crippen LogP contribution in [-0.4, -0.2) is 18.2 Å². The summed E-state index contributed by atoms with van der Waals surface area (Å²) in [4.78, 5) is 13.1. The van der Waals surface area contributed by atoms with Crippen LogP contribution in [0.2, 0.25) is 0 Å². The van der Waals surface area contributed by atoms with E-state index in [4.69, 9.17) is 0 Å². The number of carbonyl (C=O) groups excluding carboxylic acids is 1. The molecule has 0 aliphatic heterocycles. The highest BCUT2D eigenvalue weighted by atomic mass is 32.2. The van der Waals surface area contributed by atoms with Crippen LogP contribution in [0.25, 0.3) is 0 Å². The summed E-state index contributed by atoms with van der Waals surface area (Å²) in [6, 6.07) is 6.54. The minimum absolute atomic E-state index is 0.262. The van der Waals surface area contributed by atoms with Crippen LogP contribution in [0, 0.1) is 19.8 Å². The number of amides is 1. The molecule has 0 aromatic heterocycles. The maximum Gasteiger partial charge on any atom is 0.223 e. The van der Waals surface area contributed by atoms with Gasteiger partial charge in [-0.1, -0.05) is 18.9 Å². The number of hydrogen-bond acceptors (Lipinski definition) is 2. The molecule has 1 aromatic carbocycles. The average molecular weight is 277 g/mol. The lowest BCUT2D eigenvalue weighted by Crippen LogP contribution is -2.30. The molecule has 0 radical (unpaired) electrons. The second-order valence-electron chi connectivity index (χ2n) is 5.37. The summed E-state index contributed by atoms with van der Waals surface area (Å²) in [5.74, 6) is 1.49. The lowest BCUT2D eigenvalue weighted by molar-refractivity contribution is -0.124. The molecule has 2 nitrogen and oxygen atoms in total. The monoisotopic (exact) mass is 277 g/mol. The van der Waals surface area contributed by atoms with E-state index in [2.05, 4.69) is 37.4 Å². The fourth-order valence-electron chi connectivity index (χ4n) is 2.48. The molecule has 1 amide bonds. The average Bonchev–Trinajstić information content (AvgIpc) is 2.92. The van der Waals surface area contributed by atoms with Gasteiger partial charge in [0.15, 0.2) is 0 Å². The second kappa shape index (κ2) is 6.99. The molecule has 0 unspecified atom stereocenters. The van der Waals surface area contributed by atoms with E-state index < -0.39 is 0 Å². The van der Waals surface area contributed by atoms with Gasteiger partial charge in [-0.05, 0) is 49.9 Å². The first-order valence-corrected chi connectivity index (χ1v) is 8.13. The maximum atomic E-state index is 11.8. The van der Waals surface area contributed by atoms with E-state index in [1.807, 2.05) is 11.8 Å². The van der Waals surface area contributed by atoms with Crippen molar-refractivity contribution in [3.63, 3.8) is 0 Å². The lowest BCUT2D eigenvalue weighted by atomic mass is 10.1. The molecular weight excluding hydrogens is 254 g/mol. The molecule has 0 saturated heterocycles. The molecule has 0 atom stereocenters. The van der Waals surface area contributed by atoms with E-state index in [1.54, 1.807) is 0 Å². The van der Waals surface area contributed by atoms with E-state index in [0.717, 1.165) is 25.1 Å². The summed E-state index contributed by atoms with van der Waals surface area (Å²) < 4.78 is 0. The van der Waals surface area contributed by atoms with Crippen LogP contribution in [-0.2, 0) is 4.79 Å². The third kappa shape index (κ3) is 4.27. The minimum Gasteiger partial charge on any atom is -0.355 e. The zero-order valence-electron chi connectivity index (χ0n) is 11.9. The van der Waals surface area contributed by atoms with E-state index in [1.165, 1.54) is 28.9 Å². The minimum atomic E-state index is 0.262. The van der Waals surface area contributed by atoms with Gasteiger partial charge in [0, 0.05) is 23.1 Å². The van der Waals surface area contributed by atoms with Crippen molar-refractivity contribution in [2.75, 3.05) is 12.3 Å². The van der Waals surface area contributed by atoms with Crippen LogP contribution < -0.4 is 5.32 Å². The zero-order valence-corrected chi connectivity index (χ0v) is 12.7. The summed E-state index contributed by atoms with van der Waals surface area (Å²) in [7, 11) is 0. The summed E-state index contributed by atoms with van der Waals surface area (Å²) in [5.41, 5.74) is 2.67. The summed E-state index contributed by atoms with van der Waals surface area (Å²) in [6.07, 6.45) is 4.59. The van der Waals surface area contributed by atoms with E-state index in [-0.39, 0.29) is 11.8 Å². The summed E-state index contributed by atoms with van der Waals surface area (Å²) >= 11 is 1.81. The molecular formula is C16H23NOS. The van der Waals surface area contributed by atoms with Crippen molar-refractivity contribution in [2.45, 2.75) is 44.4 Å². The molecule has 0 bridgehead atoms. The number of hydrogen-bond donors (Lipinski definition) is 1. The lowest BCUT2D eigenvalue weighted by Gasteiger charge is -2.10. The topological polar surface area (TPSA) is 29.1 Å². The molecule has 19 heavy (non-hydrogen) atoms. The fraction of sp³-hybridized carbons (Fsp3) is 0.562. The number of carbonyl (C=O) groups is 1. The van der Waals surface area contributed by atoms with Crippen molar-refractivity contribution in [1.29, 1.82) is 0 Å². The normalized spacial score (nSPS) is 15.7. The van der Waals surface area contributed by atoms with Crippen molar-refractivity contribution < 1.29 is 4.79 Å².